The van der Waals surface area contributed by atoms with Crippen LogP contribution in [-0.4, -0.2) is 51.5 Å². The number of allylic oxidation sites excluding steroid dienone is 2. The van der Waals surface area contributed by atoms with E-state index in [1.54, 1.807) is 6.08 Å². The lowest BCUT2D eigenvalue weighted by Gasteiger charge is -2.19. The molecule has 0 amide bonds. The molecule has 6 atom stereocenters. The maximum Gasteiger partial charge on any atom is 0.104 e. The topological polar surface area (TPSA) is 93.0 Å². The molecule has 1 aromatic rings. The molecule has 30 heavy (non-hydrogen) atoms. The van der Waals surface area contributed by atoms with Crippen LogP contribution in [0.25, 0.3) is 0 Å². The number of rotatable bonds is 13. The maximum atomic E-state index is 10.4. The lowest BCUT2D eigenvalue weighted by Crippen LogP contribution is -2.27. The van der Waals surface area contributed by atoms with Gasteiger partial charge in [0.05, 0.1) is 18.3 Å². The van der Waals surface area contributed by atoms with Crippen molar-refractivity contribution >= 4 is 0 Å². The Labute approximate surface area is 181 Å². The Kier molecular flexibility index (Phi) is 11.3. The van der Waals surface area contributed by atoms with Gasteiger partial charge in [0, 0.05) is 12.3 Å². The van der Waals surface area contributed by atoms with Gasteiger partial charge in [-0.1, -0.05) is 61.6 Å². The zero-order chi connectivity index (χ0) is 21.8. The number of aliphatic hydroxyl groups excluding tert-OH is 4. The summed E-state index contributed by atoms with van der Waals surface area (Å²) in [6, 6.07) is 10.1. The fourth-order valence-corrected chi connectivity index (χ4v) is 4.16. The molecule has 0 bridgehead atoms. The van der Waals surface area contributed by atoms with Gasteiger partial charge in [-0.05, 0) is 56.6 Å². The summed E-state index contributed by atoms with van der Waals surface area (Å²) in [6.45, 7) is 2.73. The van der Waals surface area contributed by atoms with E-state index in [2.05, 4.69) is 29.6 Å². The van der Waals surface area contributed by atoms with E-state index in [0.29, 0.717) is 19.3 Å². The van der Waals surface area contributed by atoms with Crippen LogP contribution in [0.15, 0.2) is 54.6 Å². The molecule has 1 saturated carbocycles. The first-order valence-electron chi connectivity index (χ1n) is 11.3. The second-order valence-electron chi connectivity index (χ2n) is 8.30. The Morgan fingerprint density at radius 1 is 1.07 bits per heavy atom. The Morgan fingerprint density at radius 3 is 2.57 bits per heavy atom. The Morgan fingerprint density at radius 2 is 1.83 bits per heavy atom. The van der Waals surface area contributed by atoms with Crippen molar-refractivity contribution in [2.75, 3.05) is 6.54 Å². The summed E-state index contributed by atoms with van der Waals surface area (Å²) >= 11 is 0. The molecule has 0 spiro atoms. The fourth-order valence-electron chi connectivity index (χ4n) is 4.16. The van der Waals surface area contributed by atoms with Gasteiger partial charge < -0.3 is 20.4 Å². The number of aliphatic hydroxyl groups is 4. The van der Waals surface area contributed by atoms with E-state index >= 15 is 0 Å². The van der Waals surface area contributed by atoms with Crippen molar-refractivity contribution in [2.45, 2.75) is 76.4 Å². The Bertz CT molecular complexity index is 633. The van der Waals surface area contributed by atoms with Crippen LogP contribution in [0.2, 0.25) is 0 Å². The van der Waals surface area contributed by atoms with Crippen LogP contribution < -0.4 is 5.32 Å². The van der Waals surface area contributed by atoms with Crippen LogP contribution in [-0.2, 0) is 6.42 Å². The van der Waals surface area contributed by atoms with Gasteiger partial charge in [0.25, 0.3) is 0 Å². The molecule has 2 rings (SSSR count). The number of aryl methyl sites for hydroxylation is 1. The van der Waals surface area contributed by atoms with E-state index in [1.807, 2.05) is 31.2 Å². The van der Waals surface area contributed by atoms with Crippen molar-refractivity contribution in [1.82, 2.24) is 5.32 Å². The van der Waals surface area contributed by atoms with Crippen LogP contribution in [0.5, 0.6) is 0 Å². The molecule has 1 aromatic carbocycles. The van der Waals surface area contributed by atoms with Gasteiger partial charge in [-0.3, -0.25) is 5.32 Å². The average molecular weight is 418 g/mol. The molecule has 168 valence electrons. The minimum Gasteiger partial charge on any atom is -0.393 e. The van der Waals surface area contributed by atoms with Gasteiger partial charge >= 0.3 is 0 Å². The predicted molar refractivity (Wildman–Crippen MR) is 121 cm³/mol. The highest BCUT2D eigenvalue weighted by atomic mass is 16.3. The summed E-state index contributed by atoms with van der Waals surface area (Å²) in [5.41, 5.74) is 1.20. The van der Waals surface area contributed by atoms with Crippen molar-refractivity contribution in [3.8, 4) is 0 Å². The van der Waals surface area contributed by atoms with E-state index in [1.165, 1.54) is 5.56 Å². The standard InChI is InChI=1S/C25H39NO4/c1-2-26-25(30)13-9-4-3-8-12-21-22(24(29)18-23(21)28)17-16-20(27)15-14-19-10-6-5-7-11-19/h3,5-8,10-11,16-17,20-30H,2,4,9,12-15,18H2,1H3. The number of unbranched alkanes of at least 4 members (excludes halogenated alkanes) is 1. The van der Waals surface area contributed by atoms with Crippen molar-refractivity contribution < 1.29 is 20.4 Å². The summed E-state index contributed by atoms with van der Waals surface area (Å²) in [5.74, 6) is -0.187. The van der Waals surface area contributed by atoms with Gasteiger partial charge in [0.15, 0.2) is 0 Å². The molecule has 0 aromatic heterocycles. The summed E-state index contributed by atoms with van der Waals surface area (Å²) in [5, 5.41) is 43.6. The molecular weight excluding hydrogens is 378 g/mol. The normalized spacial score (nSPS) is 26.6. The van der Waals surface area contributed by atoms with E-state index in [-0.39, 0.29) is 11.8 Å². The van der Waals surface area contributed by atoms with Gasteiger partial charge in [-0.2, -0.15) is 0 Å². The first-order valence-corrected chi connectivity index (χ1v) is 11.3. The van der Waals surface area contributed by atoms with Gasteiger partial charge in [0.1, 0.15) is 6.23 Å². The molecule has 1 fully saturated rings. The van der Waals surface area contributed by atoms with Crippen LogP contribution >= 0.6 is 0 Å². The lowest BCUT2D eigenvalue weighted by atomic mass is 9.89. The fraction of sp³-hybridized carbons (Fsp3) is 0.600. The maximum absolute atomic E-state index is 10.4. The minimum atomic E-state index is -0.578. The highest BCUT2D eigenvalue weighted by Crippen LogP contribution is 2.36. The smallest absolute Gasteiger partial charge is 0.104 e. The van der Waals surface area contributed by atoms with Crippen molar-refractivity contribution in [3.05, 3.63) is 60.2 Å². The zero-order valence-electron chi connectivity index (χ0n) is 18.1. The minimum absolute atomic E-state index is 0.0406. The Balaban J connectivity index is 1.77. The highest BCUT2D eigenvalue weighted by molar-refractivity contribution is 5.15. The van der Waals surface area contributed by atoms with E-state index < -0.39 is 24.5 Å². The van der Waals surface area contributed by atoms with Crippen LogP contribution in [0.3, 0.4) is 0 Å². The number of nitrogens with one attached hydrogen (secondary N) is 1. The van der Waals surface area contributed by atoms with Gasteiger partial charge in [-0.25, -0.2) is 0 Å². The molecule has 5 N–H and O–H groups in total. The third-order valence-corrected chi connectivity index (χ3v) is 5.91. The number of hydrogen-bond acceptors (Lipinski definition) is 5. The SMILES string of the molecule is CCNC(O)CCCC=CCC1C(O)CC(O)C1C=CC(O)CCc1ccccc1. The molecule has 1 aliphatic carbocycles. The number of hydrogen-bond donors (Lipinski definition) is 5. The Hall–Kier alpha value is -1.50. The van der Waals surface area contributed by atoms with Crippen molar-refractivity contribution in [1.29, 1.82) is 0 Å². The third-order valence-electron chi connectivity index (χ3n) is 5.91. The molecule has 5 nitrogen and oxygen atoms in total. The zero-order valence-corrected chi connectivity index (χ0v) is 18.1. The molecular formula is C25H39NO4. The van der Waals surface area contributed by atoms with Crippen LogP contribution in [0.1, 0.15) is 51.0 Å². The largest absolute Gasteiger partial charge is 0.393 e. The first-order chi connectivity index (χ1) is 14.5. The first kappa shape index (κ1) is 24.8. The quantitative estimate of drug-likeness (QED) is 0.193. The van der Waals surface area contributed by atoms with Crippen LogP contribution in [0, 0.1) is 11.8 Å². The average Bonchev–Trinajstić information content (AvgIpc) is 3.00. The summed E-state index contributed by atoms with van der Waals surface area (Å²) in [4.78, 5) is 0. The second kappa shape index (κ2) is 13.7. The summed E-state index contributed by atoms with van der Waals surface area (Å²) < 4.78 is 0. The summed E-state index contributed by atoms with van der Waals surface area (Å²) in [6.07, 6.45) is 10.7. The molecule has 5 heteroatoms. The monoisotopic (exact) mass is 417 g/mol. The highest BCUT2D eigenvalue weighted by Gasteiger charge is 2.39. The van der Waals surface area contributed by atoms with Crippen molar-refractivity contribution in [3.63, 3.8) is 0 Å². The molecule has 0 saturated heterocycles. The van der Waals surface area contributed by atoms with E-state index in [0.717, 1.165) is 32.2 Å². The van der Waals surface area contributed by atoms with E-state index in [4.69, 9.17) is 0 Å². The number of benzene rings is 1. The van der Waals surface area contributed by atoms with E-state index in [9.17, 15) is 20.4 Å². The summed E-state index contributed by atoms with van der Waals surface area (Å²) in [7, 11) is 0. The molecule has 0 heterocycles. The van der Waals surface area contributed by atoms with Crippen molar-refractivity contribution in [2.24, 2.45) is 11.8 Å². The van der Waals surface area contributed by atoms with Crippen LogP contribution in [0.4, 0.5) is 0 Å². The molecule has 1 aliphatic rings. The van der Waals surface area contributed by atoms with Gasteiger partial charge in [-0.15, -0.1) is 0 Å². The second-order valence-corrected chi connectivity index (χ2v) is 8.30. The molecule has 0 radical (unpaired) electrons. The van der Waals surface area contributed by atoms with Gasteiger partial charge in [0.2, 0.25) is 0 Å². The molecule has 6 unspecified atom stereocenters. The lowest BCUT2D eigenvalue weighted by molar-refractivity contribution is 0.120. The predicted octanol–water partition coefficient (Wildman–Crippen LogP) is 2.94. The third kappa shape index (κ3) is 8.70. The molecule has 0 aliphatic heterocycles.